The van der Waals surface area contributed by atoms with E-state index < -0.39 is 0 Å². The van der Waals surface area contributed by atoms with Crippen molar-refractivity contribution < 1.29 is 0 Å². The van der Waals surface area contributed by atoms with E-state index in [9.17, 15) is 0 Å². The summed E-state index contributed by atoms with van der Waals surface area (Å²) >= 11 is 0. The third-order valence-corrected chi connectivity index (χ3v) is 4.66. The Morgan fingerprint density at radius 3 is 2.29 bits per heavy atom. The monoisotopic (exact) mass is 239 g/mol. The van der Waals surface area contributed by atoms with Crippen LogP contribution in [0.4, 0.5) is 0 Å². The Bertz CT molecular complexity index is 206. The molecule has 0 aromatic heterocycles. The van der Waals surface area contributed by atoms with E-state index in [1.54, 1.807) is 0 Å². The molecule has 3 heteroatoms. The lowest BCUT2D eigenvalue weighted by Gasteiger charge is -2.39. The van der Waals surface area contributed by atoms with E-state index in [0.29, 0.717) is 6.04 Å². The molecule has 0 aromatic rings. The lowest BCUT2D eigenvalue weighted by Crippen LogP contribution is -2.51. The lowest BCUT2D eigenvalue weighted by atomic mass is 9.84. The largest absolute Gasteiger partial charge is 0.329 e. The number of nitrogens with zero attached hydrogens (tertiary/aromatic N) is 2. The van der Waals surface area contributed by atoms with E-state index in [-0.39, 0.29) is 0 Å². The molecule has 1 aliphatic heterocycles. The summed E-state index contributed by atoms with van der Waals surface area (Å²) in [6.07, 6.45) is 8.60. The highest BCUT2D eigenvalue weighted by Crippen LogP contribution is 2.28. The molecule has 0 bridgehead atoms. The Labute approximate surface area is 106 Å². The first kappa shape index (κ1) is 13.3. The van der Waals surface area contributed by atoms with Crippen LogP contribution in [0.5, 0.6) is 0 Å². The Morgan fingerprint density at radius 2 is 1.71 bits per heavy atom. The number of hydrogen-bond acceptors (Lipinski definition) is 3. The smallest absolute Gasteiger partial charge is 0.0222 e. The highest BCUT2D eigenvalue weighted by molar-refractivity contribution is 4.81. The molecule has 100 valence electrons. The van der Waals surface area contributed by atoms with Crippen molar-refractivity contribution in [3.8, 4) is 0 Å². The first-order valence-corrected chi connectivity index (χ1v) is 7.42. The third-order valence-electron chi connectivity index (χ3n) is 4.66. The Balaban J connectivity index is 1.78. The Morgan fingerprint density at radius 1 is 1.06 bits per heavy atom. The van der Waals surface area contributed by atoms with Gasteiger partial charge in [-0.15, -0.1) is 0 Å². The Kier molecular flexibility index (Phi) is 5.26. The predicted octanol–water partition coefficient (Wildman–Crippen LogP) is 1.53. The van der Waals surface area contributed by atoms with E-state index in [1.807, 2.05) is 0 Å². The third kappa shape index (κ3) is 3.94. The van der Waals surface area contributed by atoms with Gasteiger partial charge in [-0.2, -0.15) is 0 Å². The standard InChI is InChI=1S/C14H29N3/c1-16-7-9-17(10-8-16)14(12-15)11-13-5-3-2-4-6-13/h13-14H,2-12,15H2,1H3. The molecular weight excluding hydrogens is 210 g/mol. The van der Waals surface area contributed by atoms with Crippen molar-refractivity contribution in [3.05, 3.63) is 0 Å². The molecule has 0 spiro atoms. The minimum absolute atomic E-state index is 0.645. The van der Waals surface area contributed by atoms with Crippen molar-refractivity contribution in [2.75, 3.05) is 39.8 Å². The van der Waals surface area contributed by atoms with Crippen LogP contribution in [0, 0.1) is 5.92 Å². The minimum atomic E-state index is 0.645. The second-order valence-electron chi connectivity index (χ2n) is 5.97. The molecule has 1 saturated carbocycles. The van der Waals surface area contributed by atoms with Crippen LogP contribution in [-0.2, 0) is 0 Å². The zero-order valence-corrected chi connectivity index (χ0v) is 11.4. The van der Waals surface area contributed by atoms with Crippen LogP contribution in [0.3, 0.4) is 0 Å². The predicted molar refractivity (Wildman–Crippen MR) is 73.1 cm³/mol. The maximum absolute atomic E-state index is 6.00. The van der Waals surface area contributed by atoms with E-state index in [2.05, 4.69) is 16.8 Å². The van der Waals surface area contributed by atoms with Crippen LogP contribution < -0.4 is 5.73 Å². The number of piperazine rings is 1. The molecule has 3 nitrogen and oxygen atoms in total. The fourth-order valence-corrected chi connectivity index (χ4v) is 3.39. The van der Waals surface area contributed by atoms with E-state index in [0.717, 1.165) is 12.5 Å². The molecule has 17 heavy (non-hydrogen) atoms. The summed E-state index contributed by atoms with van der Waals surface area (Å²) in [5, 5.41) is 0. The molecule has 0 radical (unpaired) electrons. The molecule has 2 rings (SSSR count). The maximum atomic E-state index is 6.00. The molecule has 0 aromatic carbocycles. The number of nitrogens with two attached hydrogens (primary N) is 1. The molecule has 1 atom stereocenters. The summed E-state index contributed by atoms with van der Waals surface area (Å²) in [4.78, 5) is 5.05. The maximum Gasteiger partial charge on any atom is 0.0222 e. The van der Waals surface area contributed by atoms with Gasteiger partial charge in [0.15, 0.2) is 0 Å². The zero-order chi connectivity index (χ0) is 12.1. The second-order valence-corrected chi connectivity index (χ2v) is 5.97. The van der Waals surface area contributed by atoms with Gasteiger partial charge in [0.05, 0.1) is 0 Å². The summed E-state index contributed by atoms with van der Waals surface area (Å²) in [6, 6.07) is 0.645. The van der Waals surface area contributed by atoms with Gasteiger partial charge in [-0.25, -0.2) is 0 Å². The molecule has 1 aliphatic carbocycles. The molecule has 0 amide bonds. The van der Waals surface area contributed by atoms with Gasteiger partial charge in [0.25, 0.3) is 0 Å². The van der Waals surface area contributed by atoms with Gasteiger partial charge in [0.1, 0.15) is 0 Å². The average molecular weight is 239 g/mol. The number of rotatable bonds is 4. The summed E-state index contributed by atoms with van der Waals surface area (Å²) in [7, 11) is 2.22. The van der Waals surface area contributed by atoms with Gasteiger partial charge < -0.3 is 10.6 Å². The summed E-state index contributed by atoms with van der Waals surface area (Å²) < 4.78 is 0. The average Bonchev–Trinajstić information content (AvgIpc) is 2.38. The second kappa shape index (κ2) is 6.72. The van der Waals surface area contributed by atoms with Crippen LogP contribution in [0.15, 0.2) is 0 Å². The van der Waals surface area contributed by atoms with E-state index >= 15 is 0 Å². The van der Waals surface area contributed by atoms with Crippen molar-refractivity contribution >= 4 is 0 Å². The summed E-state index contributed by atoms with van der Waals surface area (Å²) in [6.45, 7) is 5.69. The highest BCUT2D eigenvalue weighted by atomic mass is 15.3. The van der Waals surface area contributed by atoms with Crippen molar-refractivity contribution in [2.45, 2.75) is 44.6 Å². The van der Waals surface area contributed by atoms with Crippen LogP contribution >= 0.6 is 0 Å². The SMILES string of the molecule is CN1CCN(C(CN)CC2CCCCC2)CC1. The van der Waals surface area contributed by atoms with Crippen LogP contribution in [0.1, 0.15) is 38.5 Å². The topological polar surface area (TPSA) is 32.5 Å². The minimum Gasteiger partial charge on any atom is -0.329 e. The van der Waals surface area contributed by atoms with Crippen LogP contribution in [0.25, 0.3) is 0 Å². The molecule has 2 aliphatic rings. The molecule has 2 N–H and O–H groups in total. The zero-order valence-electron chi connectivity index (χ0n) is 11.4. The van der Waals surface area contributed by atoms with Gasteiger partial charge in [0.2, 0.25) is 0 Å². The summed E-state index contributed by atoms with van der Waals surface area (Å²) in [5.41, 5.74) is 6.00. The van der Waals surface area contributed by atoms with Gasteiger partial charge in [-0.05, 0) is 19.4 Å². The van der Waals surface area contributed by atoms with Gasteiger partial charge in [-0.1, -0.05) is 32.1 Å². The van der Waals surface area contributed by atoms with Crippen molar-refractivity contribution in [2.24, 2.45) is 11.7 Å². The fourth-order valence-electron chi connectivity index (χ4n) is 3.39. The summed E-state index contributed by atoms with van der Waals surface area (Å²) in [5.74, 6) is 0.956. The lowest BCUT2D eigenvalue weighted by molar-refractivity contribution is 0.0964. The first-order valence-electron chi connectivity index (χ1n) is 7.42. The van der Waals surface area contributed by atoms with Gasteiger partial charge in [-0.3, -0.25) is 4.90 Å². The Hall–Kier alpha value is -0.120. The first-order chi connectivity index (χ1) is 8.29. The van der Waals surface area contributed by atoms with Crippen molar-refractivity contribution in [1.29, 1.82) is 0 Å². The number of hydrogen-bond donors (Lipinski definition) is 1. The molecule has 2 fully saturated rings. The fraction of sp³-hybridized carbons (Fsp3) is 1.00. The van der Waals surface area contributed by atoms with Crippen molar-refractivity contribution in [3.63, 3.8) is 0 Å². The van der Waals surface area contributed by atoms with Gasteiger partial charge in [0, 0.05) is 38.8 Å². The van der Waals surface area contributed by atoms with Crippen LogP contribution in [-0.4, -0.2) is 55.6 Å². The van der Waals surface area contributed by atoms with E-state index in [1.165, 1.54) is 64.7 Å². The normalized spacial score (nSPS) is 27.2. The quantitative estimate of drug-likeness (QED) is 0.807. The van der Waals surface area contributed by atoms with Gasteiger partial charge >= 0.3 is 0 Å². The molecule has 1 unspecified atom stereocenters. The van der Waals surface area contributed by atoms with Crippen molar-refractivity contribution in [1.82, 2.24) is 9.80 Å². The molecule has 1 heterocycles. The molecule has 1 saturated heterocycles. The van der Waals surface area contributed by atoms with E-state index in [4.69, 9.17) is 5.73 Å². The molecular formula is C14H29N3. The highest BCUT2D eigenvalue weighted by Gasteiger charge is 2.25. The van der Waals surface area contributed by atoms with Crippen LogP contribution in [0.2, 0.25) is 0 Å². The number of likely N-dealkylation sites (N-methyl/N-ethyl adjacent to an activating group) is 1.